The molecule has 0 bridgehead atoms. The zero-order valence-electron chi connectivity index (χ0n) is 11.5. The molecule has 0 N–H and O–H groups in total. The summed E-state index contributed by atoms with van der Waals surface area (Å²) in [5, 5.41) is 0. The molecule has 0 atom stereocenters. The molecule has 0 aliphatic carbocycles. The van der Waals surface area contributed by atoms with E-state index in [1.807, 2.05) is 12.1 Å². The SMILES string of the molecule is Fc1cccc(CN2CCC(N3CCCC3)CC2)c1. The van der Waals surface area contributed by atoms with Crippen molar-refractivity contribution in [2.45, 2.75) is 38.3 Å². The van der Waals surface area contributed by atoms with Gasteiger partial charge in [0.2, 0.25) is 0 Å². The molecule has 19 heavy (non-hydrogen) atoms. The summed E-state index contributed by atoms with van der Waals surface area (Å²) in [6.07, 6.45) is 5.30. The molecule has 2 aliphatic heterocycles. The van der Waals surface area contributed by atoms with Crippen molar-refractivity contribution in [1.82, 2.24) is 9.80 Å². The molecule has 3 heteroatoms. The van der Waals surface area contributed by atoms with Gasteiger partial charge < -0.3 is 4.90 Å². The average Bonchev–Trinajstić information content (AvgIpc) is 2.94. The molecular formula is C16H23FN2. The topological polar surface area (TPSA) is 6.48 Å². The summed E-state index contributed by atoms with van der Waals surface area (Å²) in [5.41, 5.74) is 1.10. The fourth-order valence-corrected chi connectivity index (χ4v) is 3.44. The van der Waals surface area contributed by atoms with E-state index in [-0.39, 0.29) is 5.82 Å². The van der Waals surface area contributed by atoms with Gasteiger partial charge in [-0.1, -0.05) is 12.1 Å². The molecule has 0 aromatic heterocycles. The highest BCUT2D eigenvalue weighted by Crippen LogP contribution is 2.22. The standard InChI is InChI=1S/C16H23FN2/c17-15-5-3-4-14(12-15)13-18-10-6-16(7-11-18)19-8-1-2-9-19/h3-5,12,16H,1-2,6-11,13H2. The van der Waals surface area contributed by atoms with Crippen LogP contribution in [0.3, 0.4) is 0 Å². The van der Waals surface area contributed by atoms with Crippen LogP contribution in [0.1, 0.15) is 31.2 Å². The van der Waals surface area contributed by atoms with E-state index in [2.05, 4.69) is 9.80 Å². The molecule has 1 aromatic carbocycles. The minimum atomic E-state index is -0.121. The average molecular weight is 262 g/mol. The number of halogens is 1. The van der Waals surface area contributed by atoms with Gasteiger partial charge in [0.25, 0.3) is 0 Å². The van der Waals surface area contributed by atoms with Gasteiger partial charge in [-0.3, -0.25) is 4.90 Å². The van der Waals surface area contributed by atoms with Crippen molar-refractivity contribution in [2.75, 3.05) is 26.2 Å². The molecule has 0 saturated carbocycles. The second kappa shape index (κ2) is 6.02. The highest BCUT2D eigenvalue weighted by Gasteiger charge is 2.26. The zero-order valence-corrected chi connectivity index (χ0v) is 11.5. The van der Waals surface area contributed by atoms with Crippen molar-refractivity contribution in [3.8, 4) is 0 Å². The lowest BCUT2D eigenvalue weighted by atomic mass is 10.0. The number of nitrogens with zero attached hydrogens (tertiary/aromatic N) is 2. The van der Waals surface area contributed by atoms with Gasteiger partial charge >= 0.3 is 0 Å². The summed E-state index contributed by atoms with van der Waals surface area (Å²) in [6.45, 7) is 5.79. The summed E-state index contributed by atoms with van der Waals surface area (Å²) < 4.78 is 13.2. The molecule has 2 saturated heterocycles. The van der Waals surface area contributed by atoms with Crippen LogP contribution in [0.5, 0.6) is 0 Å². The van der Waals surface area contributed by atoms with Gasteiger partial charge in [0.05, 0.1) is 0 Å². The number of likely N-dealkylation sites (tertiary alicyclic amines) is 2. The number of hydrogen-bond acceptors (Lipinski definition) is 2. The number of benzene rings is 1. The number of hydrogen-bond donors (Lipinski definition) is 0. The molecule has 104 valence electrons. The maximum atomic E-state index is 13.2. The molecular weight excluding hydrogens is 239 g/mol. The van der Waals surface area contributed by atoms with Crippen LogP contribution in [0.2, 0.25) is 0 Å². The van der Waals surface area contributed by atoms with Crippen LogP contribution in [0.25, 0.3) is 0 Å². The third kappa shape index (κ3) is 3.34. The maximum Gasteiger partial charge on any atom is 0.123 e. The van der Waals surface area contributed by atoms with Gasteiger partial charge in [0, 0.05) is 12.6 Å². The molecule has 0 radical (unpaired) electrons. The summed E-state index contributed by atoms with van der Waals surface area (Å²) in [6, 6.07) is 7.80. The van der Waals surface area contributed by atoms with E-state index >= 15 is 0 Å². The van der Waals surface area contributed by atoms with Crippen molar-refractivity contribution >= 4 is 0 Å². The molecule has 1 aromatic rings. The van der Waals surface area contributed by atoms with Crippen molar-refractivity contribution in [2.24, 2.45) is 0 Å². The maximum absolute atomic E-state index is 13.2. The summed E-state index contributed by atoms with van der Waals surface area (Å²) in [4.78, 5) is 5.13. The monoisotopic (exact) mass is 262 g/mol. The van der Waals surface area contributed by atoms with E-state index in [0.29, 0.717) is 0 Å². The molecule has 0 amide bonds. The Morgan fingerprint density at radius 2 is 1.79 bits per heavy atom. The predicted molar refractivity (Wildman–Crippen MR) is 75.5 cm³/mol. The highest BCUT2D eigenvalue weighted by molar-refractivity contribution is 5.16. The third-order valence-electron chi connectivity index (χ3n) is 4.51. The normalized spacial score (nSPS) is 23.0. The number of rotatable bonds is 3. The zero-order chi connectivity index (χ0) is 13.1. The minimum Gasteiger partial charge on any atom is -0.300 e. The predicted octanol–water partition coefficient (Wildman–Crippen LogP) is 2.89. The van der Waals surface area contributed by atoms with Crippen LogP contribution in [0.15, 0.2) is 24.3 Å². The largest absolute Gasteiger partial charge is 0.300 e. The lowest BCUT2D eigenvalue weighted by molar-refractivity contribution is 0.122. The van der Waals surface area contributed by atoms with E-state index in [1.165, 1.54) is 44.8 Å². The Morgan fingerprint density at radius 3 is 2.47 bits per heavy atom. The first kappa shape index (κ1) is 13.1. The van der Waals surface area contributed by atoms with Crippen LogP contribution < -0.4 is 0 Å². The summed E-state index contributed by atoms with van der Waals surface area (Å²) in [7, 11) is 0. The Kier molecular flexibility index (Phi) is 4.14. The van der Waals surface area contributed by atoms with Crippen molar-refractivity contribution in [3.63, 3.8) is 0 Å². The summed E-state index contributed by atoms with van der Waals surface area (Å²) in [5.74, 6) is -0.121. The van der Waals surface area contributed by atoms with E-state index in [0.717, 1.165) is 31.2 Å². The minimum absolute atomic E-state index is 0.121. The first-order valence-corrected chi connectivity index (χ1v) is 7.52. The van der Waals surface area contributed by atoms with Gasteiger partial charge in [0.1, 0.15) is 5.82 Å². The van der Waals surface area contributed by atoms with Crippen LogP contribution in [-0.2, 0) is 6.54 Å². The van der Waals surface area contributed by atoms with Gasteiger partial charge in [0.15, 0.2) is 0 Å². The fourth-order valence-electron chi connectivity index (χ4n) is 3.44. The highest BCUT2D eigenvalue weighted by atomic mass is 19.1. The van der Waals surface area contributed by atoms with E-state index in [1.54, 1.807) is 6.07 Å². The summed E-state index contributed by atoms with van der Waals surface area (Å²) >= 11 is 0. The molecule has 3 rings (SSSR count). The van der Waals surface area contributed by atoms with Crippen molar-refractivity contribution in [1.29, 1.82) is 0 Å². The van der Waals surface area contributed by atoms with Gasteiger partial charge in [-0.05, 0) is 69.6 Å². The first-order chi connectivity index (χ1) is 9.31. The molecule has 2 heterocycles. The Balaban J connectivity index is 1.50. The quantitative estimate of drug-likeness (QED) is 0.826. The van der Waals surface area contributed by atoms with Crippen LogP contribution in [-0.4, -0.2) is 42.0 Å². The van der Waals surface area contributed by atoms with Gasteiger partial charge in [-0.15, -0.1) is 0 Å². The van der Waals surface area contributed by atoms with Crippen LogP contribution in [0, 0.1) is 5.82 Å². The lowest BCUT2D eigenvalue weighted by Crippen LogP contribution is -2.43. The Morgan fingerprint density at radius 1 is 1.05 bits per heavy atom. The Bertz CT molecular complexity index is 407. The van der Waals surface area contributed by atoms with Crippen molar-refractivity contribution < 1.29 is 4.39 Å². The molecule has 2 aliphatic rings. The lowest BCUT2D eigenvalue weighted by Gasteiger charge is -2.36. The molecule has 0 spiro atoms. The molecule has 2 fully saturated rings. The van der Waals surface area contributed by atoms with Crippen molar-refractivity contribution in [3.05, 3.63) is 35.6 Å². The number of piperidine rings is 1. The van der Waals surface area contributed by atoms with Crippen LogP contribution in [0.4, 0.5) is 4.39 Å². The Hall–Kier alpha value is -0.930. The first-order valence-electron chi connectivity index (χ1n) is 7.52. The van der Waals surface area contributed by atoms with Gasteiger partial charge in [-0.25, -0.2) is 4.39 Å². The molecule has 0 unspecified atom stereocenters. The second-order valence-electron chi connectivity index (χ2n) is 5.88. The Labute approximate surface area is 115 Å². The third-order valence-corrected chi connectivity index (χ3v) is 4.51. The van der Waals surface area contributed by atoms with E-state index < -0.39 is 0 Å². The van der Waals surface area contributed by atoms with E-state index in [4.69, 9.17) is 0 Å². The van der Waals surface area contributed by atoms with E-state index in [9.17, 15) is 4.39 Å². The fraction of sp³-hybridized carbons (Fsp3) is 0.625. The second-order valence-corrected chi connectivity index (χ2v) is 5.88. The molecule has 2 nitrogen and oxygen atoms in total. The van der Waals surface area contributed by atoms with Gasteiger partial charge in [-0.2, -0.15) is 0 Å². The van der Waals surface area contributed by atoms with Crippen LogP contribution >= 0.6 is 0 Å². The smallest absolute Gasteiger partial charge is 0.123 e.